The number of esters is 1. The van der Waals surface area contributed by atoms with Crippen LogP contribution in [0.5, 0.6) is 11.5 Å². The zero-order valence-corrected chi connectivity index (χ0v) is 15.6. The first-order chi connectivity index (χ1) is 12.0. The van der Waals surface area contributed by atoms with Gasteiger partial charge in [0.25, 0.3) is 5.91 Å². The van der Waals surface area contributed by atoms with Crippen LogP contribution in [0.4, 0.5) is 0 Å². The second-order valence-corrected chi connectivity index (χ2v) is 6.46. The van der Waals surface area contributed by atoms with Crippen LogP contribution < -0.4 is 14.8 Å². The molecule has 1 aromatic carbocycles. The maximum atomic E-state index is 12.1. The minimum Gasteiger partial charge on any atom is -0.493 e. The van der Waals surface area contributed by atoms with Gasteiger partial charge in [0, 0.05) is 4.88 Å². The average Bonchev–Trinajstić information content (AvgIpc) is 3.13. The molecule has 8 heteroatoms. The summed E-state index contributed by atoms with van der Waals surface area (Å²) in [6, 6.07) is 6.52. The van der Waals surface area contributed by atoms with E-state index in [0.717, 1.165) is 4.88 Å². The molecule has 0 spiro atoms. The van der Waals surface area contributed by atoms with E-state index in [1.807, 2.05) is 24.4 Å². The Labute approximate surface area is 154 Å². The highest BCUT2D eigenvalue weighted by Crippen LogP contribution is 2.36. The normalized spacial score (nSPS) is 11.5. The fourth-order valence-electron chi connectivity index (χ4n) is 2.14. The predicted molar refractivity (Wildman–Crippen MR) is 95.7 cm³/mol. The lowest BCUT2D eigenvalue weighted by atomic mass is 10.2. The van der Waals surface area contributed by atoms with Crippen LogP contribution in [0.1, 0.15) is 28.2 Å². The average molecular weight is 384 g/mol. The number of nitrogens with one attached hydrogen (secondary N) is 1. The summed E-state index contributed by atoms with van der Waals surface area (Å²) in [5.41, 5.74) is 0.168. The van der Waals surface area contributed by atoms with Crippen LogP contribution in [0.3, 0.4) is 0 Å². The number of thiophene rings is 1. The van der Waals surface area contributed by atoms with Gasteiger partial charge in [-0.1, -0.05) is 17.7 Å². The van der Waals surface area contributed by atoms with Gasteiger partial charge in [-0.3, -0.25) is 4.79 Å². The number of hydrogen-bond donors (Lipinski definition) is 1. The number of amides is 1. The number of carbonyl (C=O) groups excluding carboxylic acids is 2. The van der Waals surface area contributed by atoms with Gasteiger partial charge in [0.1, 0.15) is 0 Å². The Morgan fingerprint density at radius 2 is 2.04 bits per heavy atom. The van der Waals surface area contributed by atoms with Crippen molar-refractivity contribution in [3.8, 4) is 11.5 Å². The molecule has 1 amide bonds. The standard InChI is InChI=1S/C17H18ClNO5S/c1-10(14-5-4-6-25-14)19-15(20)9-24-17(21)11-7-12(18)16(23-3)13(8-11)22-2/h4-8,10H,9H2,1-3H3,(H,19,20). The fourth-order valence-corrected chi connectivity index (χ4v) is 3.16. The SMILES string of the molecule is COc1cc(C(=O)OCC(=O)NC(C)c2cccs2)cc(Cl)c1OC. The maximum absolute atomic E-state index is 12.1. The molecular weight excluding hydrogens is 366 g/mol. The molecule has 1 N–H and O–H groups in total. The highest BCUT2D eigenvalue weighted by atomic mass is 35.5. The van der Waals surface area contributed by atoms with Crippen LogP contribution in [0, 0.1) is 0 Å². The van der Waals surface area contributed by atoms with Crippen molar-refractivity contribution in [2.24, 2.45) is 0 Å². The van der Waals surface area contributed by atoms with E-state index < -0.39 is 5.97 Å². The number of methoxy groups -OCH3 is 2. The number of hydrogen-bond acceptors (Lipinski definition) is 6. The minimum atomic E-state index is -0.679. The minimum absolute atomic E-state index is 0.151. The molecule has 0 aliphatic carbocycles. The highest BCUT2D eigenvalue weighted by molar-refractivity contribution is 7.10. The zero-order valence-electron chi connectivity index (χ0n) is 14.0. The van der Waals surface area contributed by atoms with Crippen LogP contribution in [-0.2, 0) is 9.53 Å². The van der Waals surface area contributed by atoms with Crippen LogP contribution in [0.25, 0.3) is 0 Å². The molecular formula is C17H18ClNO5S. The van der Waals surface area contributed by atoms with E-state index in [9.17, 15) is 9.59 Å². The van der Waals surface area contributed by atoms with Gasteiger partial charge in [-0.25, -0.2) is 4.79 Å². The molecule has 0 saturated carbocycles. The molecule has 134 valence electrons. The zero-order chi connectivity index (χ0) is 18.4. The number of rotatable bonds is 7. The third-order valence-electron chi connectivity index (χ3n) is 3.35. The van der Waals surface area contributed by atoms with E-state index >= 15 is 0 Å². The summed E-state index contributed by atoms with van der Waals surface area (Å²) >= 11 is 7.60. The lowest BCUT2D eigenvalue weighted by Gasteiger charge is -2.13. The summed E-state index contributed by atoms with van der Waals surface area (Å²) in [6.07, 6.45) is 0. The van der Waals surface area contributed by atoms with Crippen molar-refractivity contribution in [1.29, 1.82) is 0 Å². The fraction of sp³-hybridized carbons (Fsp3) is 0.294. The van der Waals surface area contributed by atoms with Crippen molar-refractivity contribution in [2.75, 3.05) is 20.8 Å². The summed E-state index contributed by atoms with van der Waals surface area (Å²) in [5, 5.41) is 4.91. The summed E-state index contributed by atoms with van der Waals surface area (Å²) in [4.78, 5) is 25.1. The highest BCUT2D eigenvalue weighted by Gasteiger charge is 2.18. The molecule has 0 aliphatic rings. The molecule has 2 rings (SSSR count). The van der Waals surface area contributed by atoms with Crippen LogP contribution in [0.15, 0.2) is 29.6 Å². The molecule has 1 unspecified atom stereocenters. The Morgan fingerprint density at radius 3 is 2.64 bits per heavy atom. The smallest absolute Gasteiger partial charge is 0.338 e. The second kappa shape index (κ2) is 8.73. The van der Waals surface area contributed by atoms with Gasteiger partial charge in [0.05, 0.1) is 30.8 Å². The van der Waals surface area contributed by atoms with Crippen LogP contribution in [0.2, 0.25) is 5.02 Å². The van der Waals surface area contributed by atoms with E-state index in [-0.39, 0.29) is 29.1 Å². The molecule has 0 fully saturated rings. The number of carbonyl (C=O) groups is 2. The number of halogens is 1. The second-order valence-electron chi connectivity index (χ2n) is 5.07. The molecule has 6 nitrogen and oxygen atoms in total. The topological polar surface area (TPSA) is 73.9 Å². The number of benzene rings is 1. The molecule has 1 heterocycles. The summed E-state index contributed by atoms with van der Waals surface area (Å²) < 4.78 is 15.3. The van der Waals surface area contributed by atoms with Crippen molar-refractivity contribution in [3.63, 3.8) is 0 Å². The molecule has 0 bridgehead atoms. The third-order valence-corrected chi connectivity index (χ3v) is 4.69. The van der Waals surface area contributed by atoms with Crippen molar-refractivity contribution in [3.05, 3.63) is 45.1 Å². The van der Waals surface area contributed by atoms with Crippen molar-refractivity contribution >= 4 is 34.8 Å². The summed E-state index contributed by atoms with van der Waals surface area (Å²) in [7, 11) is 2.88. The van der Waals surface area contributed by atoms with E-state index in [1.54, 1.807) is 11.3 Å². The Bertz CT molecular complexity index is 748. The number of ether oxygens (including phenoxy) is 3. The van der Waals surface area contributed by atoms with Gasteiger partial charge in [0.15, 0.2) is 18.1 Å². The first-order valence-electron chi connectivity index (χ1n) is 7.37. The summed E-state index contributed by atoms with van der Waals surface area (Å²) in [6.45, 7) is 1.47. The Balaban J connectivity index is 1.96. The summed E-state index contributed by atoms with van der Waals surface area (Å²) in [5.74, 6) is -0.441. The van der Waals surface area contributed by atoms with Crippen LogP contribution in [-0.4, -0.2) is 32.7 Å². The largest absolute Gasteiger partial charge is 0.493 e. The van der Waals surface area contributed by atoms with Gasteiger partial charge in [0.2, 0.25) is 0 Å². The molecule has 1 atom stereocenters. The van der Waals surface area contributed by atoms with E-state index in [0.29, 0.717) is 11.5 Å². The van der Waals surface area contributed by atoms with Crippen LogP contribution >= 0.6 is 22.9 Å². The molecule has 25 heavy (non-hydrogen) atoms. The van der Waals surface area contributed by atoms with Crippen molar-refractivity contribution in [1.82, 2.24) is 5.32 Å². The van der Waals surface area contributed by atoms with E-state index in [1.165, 1.54) is 26.4 Å². The van der Waals surface area contributed by atoms with Gasteiger partial charge in [-0.05, 0) is 30.5 Å². The van der Waals surface area contributed by atoms with Gasteiger partial charge < -0.3 is 19.5 Å². The van der Waals surface area contributed by atoms with Gasteiger partial charge >= 0.3 is 5.97 Å². The quantitative estimate of drug-likeness (QED) is 0.741. The van der Waals surface area contributed by atoms with E-state index in [2.05, 4.69) is 5.32 Å². The van der Waals surface area contributed by atoms with Gasteiger partial charge in [-0.2, -0.15) is 0 Å². The maximum Gasteiger partial charge on any atom is 0.338 e. The Hall–Kier alpha value is -2.25. The monoisotopic (exact) mass is 383 g/mol. The predicted octanol–water partition coefficient (Wildman–Crippen LogP) is 3.45. The van der Waals surface area contributed by atoms with Crippen molar-refractivity contribution in [2.45, 2.75) is 13.0 Å². The lowest BCUT2D eigenvalue weighted by Crippen LogP contribution is -2.30. The Kier molecular flexibility index (Phi) is 6.66. The van der Waals surface area contributed by atoms with E-state index in [4.69, 9.17) is 25.8 Å². The van der Waals surface area contributed by atoms with Gasteiger partial charge in [-0.15, -0.1) is 11.3 Å². The lowest BCUT2D eigenvalue weighted by molar-refractivity contribution is -0.124. The molecule has 0 radical (unpaired) electrons. The molecule has 1 aromatic heterocycles. The first-order valence-corrected chi connectivity index (χ1v) is 8.63. The Morgan fingerprint density at radius 1 is 1.28 bits per heavy atom. The first kappa shape index (κ1) is 19.1. The third kappa shape index (κ3) is 4.87. The molecule has 2 aromatic rings. The molecule has 0 saturated heterocycles. The van der Waals surface area contributed by atoms with Crippen molar-refractivity contribution < 1.29 is 23.8 Å². The molecule has 0 aliphatic heterocycles.